The highest BCUT2D eigenvalue weighted by Crippen LogP contribution is 2.29. The van der Waals surface area contributed by atoms with Crippen molar-refractivity contribution < 1.29 is 30.0 Å². The van der Waals surface area contributed by atoms with Gasteiger partial charge in [0.25, 0.3) is 10.1 Å². The Kier molecular flexibility index (Phi) is 5.12. The summed E-state index contributed by atoms with van der Waals surface area (Å²) in [5, 5.41) is 8.55. The monoisotopic (exact) mass is 404 g/mol. The second-order valence-corrected chi connectivity index (χ2v) is 5.12. The lowest BCUT2D eigenvalue weighted by molar-refractivity contribution is -0.00000721. The molecule has 0 aromatic heterocycles. The number of rotatable bonds is 1. The SMILES string of the molecule is Cc1c([N+]#N)ccc(I)c1S(=O)(=O)O.[Br-]. The van der Waals surface area contributed by atoms with Gasteiger partial charge in [-0.3, -0.25) is 4.55 Å². The molecule has 0 fully saturated rings. The van der Waals surface area contributed by atoms with Crippen LogP contribution in [0.2, 0.25) is 0 Å². The van der Waals surface area contributed by atoms with E-state index in [1.807, 2.05) is 0 Å². The van der Waals surface area contributed by atoms with Gasteiger partial charge in [-0.1, -0.05) is 0 Å². The van der Waals surface area contributed by atoms with E-state index in [-0.39, 0.29) is 33.1 Å². The van der Waals surface area contributed by atoms with Crippen molar-refractivity contribution in [1.29, 1.82) is 5.39 Å². The summed E-state index contributed by atoms with van der Waals surface area (Å²) in [5.74, 6) is 0. The highest BCUT2D eigenvalue weighted by Gasteiger charge is 2.24. The molecular weight excluding hydrogens is 399 g/mol. The average molecular weight is 405 g/mol. The molecule has 0 radical (unpaired) electrons. The van der Waals surface area contributed by atoms with Crippen LogP contribution in [0.1, 0.15) is 5.56 Å². The Morgan fingerprint density at radius 3 is 2.40 bits per heavy atom. The van der Waals surface area contributed by atoms with Gasteiger partial charge in [-0.05, 0) is 35.6 Å². The number of hydrogen-bond acceptors (Lipinski definition) is 3. The maximum Gasteiger partial charge on any atom is 0.389 e. The zero-order valence-electron chi connectivity index (χ0n) is 7.48. The Bertz CT molecular complexity index is 524. The normalized spacial score (nSPS) is 10.3. The first-order valence-electron chi connectivity index (χ1n) is 3.49. The molecule has 0 saturated carbocycles. The van der Waals surface area contributed by atoms with E-state index in [1.165, 1.54) is 19.1 Å². The fourth-order valence-corrected chi connectivity index (χ4v) is 3.30. The van der Waals surface area contributed by atoms with Crippen LogP contribution in [-0.4, -0.2) is 13.0 Å². The Balaban J connectivity index is 0.00000196. The van der Waals surface area contributed by atoms with Crippen LogP contribution < -0.4 is 17.0 Å². The van der Waals surface area contributed by atoms with Gasteiger partial charge in [-0.2, -0.15) is 8.42 Å². The van der Waals surface area contributed by atoms with Crippen molar-refractivity contribution in [2.45, 2.75) is 11.8 Å². The Labute approximate surface area is 111 Å². The number of nitrogens with zero attached hydrogens (tertiary/aromatic N) is 2. The standard InChI is InChI=1S/C7H5IN2O3S.BrH/c1-4-6(10-9)3-2-5(8)7(4)14(11,12)13;/h2-3H,1H3;1H. The minimum atomic E-state index is -4.28. The van der Waals surface area contributed by atoms with Crippen molar-refractivity contribution in [2.24, 2.45) is 0 Å². The third-order valence-corrected chi connectivity index (χ3v) is 4.00. The van der Waals surface area contributed by atoms with Gasteiger partial charge in [0.05, 0.1) is 5.56 Å². The van der Waals surface area contributed by atoms with Gasteiger partial charge < -0.3 is 17.0 Å². The molecule has 0 aliphatic heterocycles. The number of halogens is 2. The number of benzene rings is 1. The van der Waals surface area contributed by atoms with Crippen molar-refractivity contribution in [3.8, 4) is 0 Å². The van der Waals surface area contributed by atoms with Gasteiger partial charge in [-0.25, -0.2) is 0 Å². The van der Waals surface area contributed by atoms with E-state index in [4.69, 9.17) is 9.95 Å². The second-order valence-electron chi connectivity index (χ2n) is 2.60. The van der Waals surface area contributed by atoms with Crippen LogP contribution in [-0.2, 0) is 10.1 Å². The molecule has 1 rings (SSSR count). The summed E-state index contributed by atoms with van der Waals surface area (Å²) in [6, 6.07) is 2.91. The van der Waals surface area contributed by atoms with Crippen LogP contribution in [0.3, 0.4) is 0 Å². The van der Waals surface area contributed by atoms with Crippen LogP contribution >= 0.6 is 22.6 Å². The van der Waals surface area contributed by atoms with Crippen LogP contribution in [0.15, 0.2) is 17.0 Å². The molecular formula is C7H6BrIN2O3S. The highest BCUT2D eigenvalue weighted by molar-refractivity contribution is 14.1. The smallest absolute Gasteiger partial charge is 0.389 e. The first-order chi connectivity index (χ1) is 6.38. The lowest BCUT2D eigenvalue weighted by Gasteiger charge is -2.01. The maximum atomic E-state index is 11.0. The summed E-state index contributed by atoms with van der Waals surface area (Å²) in [4.78, 5) is 2.69. The highest BCUT2D eigenvalue weighted by atomic mass is 127. The van der Waals surface area contributed by atoms with Gasteiger partial charge in [-0.15, -0.1) is 0 Å². The molecule has 0 aliphatic rings. The minimum absolute atomic E-state index is 0. The first kappa shape index (κ1) is 14.8. The predicted octanol–water partition coefficient (Wildman–Crippen LogP) is -0.665. The van der Waals surface area contributed by atoms with Crippen LogP contribution in [0.4, 0.5) is 5.69 Å². The van der Waals surface area contributed by atoms with Gasteiger partial charge >= 0.3 is 5.69 Å². The second kappa shape index (κ2) is 5.20. The molecule has 1 aromatic rings. The molecule has 0 spiro atoms. The summed E-state index contributed by atoms with van der Waals surface area (Å²) < 4.78 is 31.2. The quantitative estimate of drug-likeness (QED) is 0.382. The number of hydrogen-bond donors (Lipinski definition) is 1. The molecule has 0 heterocycles. The molecule has 15 heavy (non-hydrogen) atoms. The fraction of sp³-hybridized carbons (Fsp3) is 0.143. The van der Waals surface area contributed by atoms with E-state index >= 15 is 0 Å². The van der Waals surface area contributed by atoms with Crippen molar-refractivity contribution in [1.82, 2.24) is 0 Å². The molecule has 0 aliphatic carbocycles. The topological polar surface area (TPSA) is 82.5 Å². The molecule has 0 bridgehead atoms. The van der Waals surface area contributed by atoms with Crippen molar-refractivity contribution in [2.75, 3.05) is 0 Å². The summed E-state index contributed by atoms with van der Waals surface area (Å²) >= 11 is 1.78. The molecule has 5 nitrogen and oxygen atoms in total. The molecule has 0 saturated heterocycles. The van der Waals surface area contributed by atoms with Crippen LogP contribution in [0.25, 0.3) is 4.98 Å². The van der Waals surface area contributed by atoms with Crippen molar-refractivity contribution in [3.63, 3.8) is 0 Å². The van der Waals surface area contributed by atoms with Gasteiger partial charge in [0.1, 0.15) is 4.90 Å². The zero-order chi connectivity index (χ0) is 10.9. The summed E-state index contributed by atoms with van der Waals surface area (Å²) in [6.07, 6.45) is 0. The molecule has 82 valence electrons. The maximum absolute atomic E-state index is 11.0. The average Bonchev–Trinajstić information content (AvgIpc) is 2.02. The van der Waals surface area contributed by atoms with E-state index in [1.54, 1.807) is 22.6 Å². The first-order valence-corrected chi connectivity index (χ1v) is 6.01. The van der Waals surface area contributed by atoms with Crippen molar-refractivity contribution in [3.05, 3.63) is 26.2 Å². The molecule has 1 N–H and O–H groups in total. The Hall–Kier alpha value is -0.240. The largest absolute Gasteiger partial charge is 1.00 e. The predicted molar refractivity (Wildman–Crippen MR) is 58.5 cm³/mol. The summed E-state index contributed by atoms with van der Waals surface area (Å²) in [6.45, 7) is 1.46. The molecule has 1 aromatic carbocycles. The Morgan fingerprint density at radius 1 is 1.47 bits per heavy atom. The van der Waals surface area contributed by atoms with Gasteiger partial charge in [0, 0.05) is 9.64 Å². The summed E-state index contributed by atoms with van der Waals surface area (Å²) in [5.41, 5.74) is 0.347. The molecule has 0 atom stereocenters. The molecule has 8 heteroatoms. The van der Waals surface area contributed by atoms with Gasteiger partial charge in [0.15, 0.2) is 4.98 Å². The van der Waals surface area contributed by atoms with Crippen LogP contribution in [0, 0.1) is 15.9 Å². The molecule has 0 unspecified atom stereocenters. The number of diazo groups is 1. The van der Waals surface area contributed by atoms with E-state index in [9.17, 15) is 8.42 Å². The third kappa shape index (κ3) is 3.10. The van der Waals surface area contributed by atoms with E-state index in [0.29, 0.717) is 3.57 Å². The minimum Gasteiger partial charge on any atom is -1.00 e. The van der Waals surface area contributed by atoms with Crippen LogP contribution in [0.5, 0.6) is 0 Å². The molecule has 0 amide bonds. The lowest BCUT2D eigenvalue weighted by atomic mass is 10.2. The zero-order valence-corrected chi connectivity index (χ0v) is 12.0. The van der Waals surface area contributed by atoms with E-state index in [2.05, 4.69) is 4.98 Å². The van der Waals surface area contributed by atoms with E-state index in [0.717, 1.165) is 0 Å². The van der Waals surface area contributed by atoms with E-state index < -0.39 is 10.1 Å². The van der Waals surface area contributed by atoms with Crippen molar-refractivity contribution >= 4 is 38.4 Å². The summed E-state index contributed by atoms with van der Waals surface area (Å²) in [7, 11) is -4.28. The fourth-order valence-electron chi connectivity index (χ4n) is 1.07. The Morgan fingerprint density at radius 2 is 2.00 bits per heavy atom. The third-order valence-electron chi connectivity index (χ3n) is 1.69. The van der Waals surface area contributed by atoms with Gasteiger partial charge in [0.2, 0.25) is 5.39 Å². The lowest BCUT2D eigenvalue weighted by Crippen LogP contribution is -3.00.